The number of nitrogens with one attached hydrogen (secondary N) is 3. The van der Waals surface area contributed by atoms with Gasteiger partial charge >= 0.3 is 0 Å². The molecule has 1 aliphatic heterocycles. The van der Waals surface area contributed by atoms with Gasteiger partial charge in [0.1, 0.15) is 11.5 Å². The maximum atomic E-state index is 13.0. The Balaban J connectivity index is 1.85. The molecule has 1 atom stereocenters. The molecule has 0 saturated heterocycles. The van der Waals surface area contributed by atoms with Gasteiger partial charge in [0.05, 0.1) is 6.67 Å². The van der Waals surface area contributed by atoms with E-state index >= 15 is 0 Å². The van der Waals surface area contributed by atoms with Crippen LogP contribution in [0.1, 0.15) is 15.9 Å². The lowest BCUT2D eigenvalue weighted by molar-refractivity contribution is -0.123. The summed E-state index contributed by atoms with van der Waals surface area (Å²) in [5, 5.41) is 8.00. The summed E-state index contributed by atoms with van der Waals surface area (Å²) in [6.07, 6.45) is 0. The third kappa shape index (κ3) is 3.35. The van der Waals surface area contributed by atoms with Crippen LogP contribution in [0.25, 0.3) is 0 Å². The third-order valence-electron chi connectivity index (χ3n) is 4.43. The molecule has 3 amide bonds. The molecular formula is C19H18FN5O3. The van der Waals surface area contributed by atoms with Crippen LogP contribution in [0.15, 0.2) is 53.5 Å². The molecule has 8 nitrogen and oxygen atoms in total. The maximum absolute atomic E-state index is 13.0. The second-order valence-corrected chi connectivity index (χ2v) is 6.07. The number of benzene rings is 2. The summed E-state index contributed by atoms with van der Waals surface area (Å²) in [6, 6.07) is 11.4. The minimum atomic E-state index is -1.56. The van der Waals surface area contributed by atoms with E-state index in [1.807, 2.05) is 0 Å². The zero-order chi connectivity index (χ0) is 20.3. The average molecular weight is 383 g/mol. The highest BCUT2D eigenvalue weighted by molar-refractivity contribution is 6.47. The number of aliphatic imine (C=N–C) groups is 1. The smallest absolute Gasteiger partial charge is 0.267 e. The number of nitrogens with two attached hydrogens (primary N) is 1. The van der Waals surface area contributed by atoms with E-state index in [2.05, 4.69) is 20.9 Å². The van der Waals surface area contributed by atoms with Gasteiger partial charge < -0.3 is 16.4 Å². The summed E-state index contributed by atoms with van der Waals surface area (Å²) < 4.78 is 13.0. The van der Waals surface area contributed by atoms with Crippen molar-refractivity contribution in [2.75, 3.05) is 19.0 Å². The van der Waals surface area contributed by atoms with Gasteiger partial charge in [-0.2, -0.15) is 0 Å². The Morgan fingerprint density at radius 3 is 2.29 bits per heavy atom. The van der Waals surface area contributed by atoms with Crippen LogP contribution >= 0.6 is 0 Å². The molecule has 0 aliphatic carbocycles. The molecule has 0 spiro atoms. The summed E-state index contributed by atoms with van der Waals surface area (Å²) in [4.78, 5) is 40.6. The molecule has 2 aromatic rings. The SMILES string of the molecule is CNC(=O)C1=NCNC1(C(N)=O)c1ccc(NC(=O)c2ccc(F)cc2)cc1. The topological polar surface area (TPSA) is 126 Å². The van der Waals surface area contributed by atoms with Crippen molar-refractivity contribution in [2.45, 2.75) is 5.54 Å². The van der Waals surface area contributed by atoms with Gasteiger partial charge in [0.15, 0.2) is 5.54 Å². The largest absolute Gasteiger partial charge is 0.367 e. The number of hydrogen-bond acceptors (Lipinski definition) is 5. The molecule has 0 radical (unpaired) electrons. The lowest BCUT2D eigenvalue weighted by atomic mass is 9.84. The van der Waals surface area contributed by atoms with Gasteiger partial charge in [-0.25, -0.2) is 4.39 Å². The van der Waals surface area contributed by atoms with Crippen LogP contribution in [-0.4, -0.2) is 37.1 Å². The van der Waals surface area contributed by atoms with E-state index in [1.165, 1.54) is 31.3 Å². The standard InChI is InChI=1S/C19H18FN5O3/c1-22-17(27)15-19(18(21)28,24-10-23-15)12-4-8-14(9-5-12)25-16(26)11-2-6-13(20)7-3-11/h2-9,24H,10H2,1H3,(H2,21,28)(H,22,27)(H,25,26). The summed E-state index contributed by atoms with van der Waals surface area (Å²) in [5.41, 5.74) is 5.18. The molecule has 0 bridgehead atoms. The minimum absolute atomic E-state index is 0.0226. The Bertz CT molecular complexity index is 957. The van der Waals surface area contributed by atoms with E-state index in [4.69, 9.17) is 5.73 Å². The van der Waals surface area contributed by atoms with E-state index in [-0.39, 0.29) is 12.4 Å². The minimum Gasteiger partial charge on any atom is -0.367 e. The number of anilines is 1. The number of carbonyl (C=O) groups excluding carboxylic acids is 3. The van der Waals surface area contributed by atoms with Crippen LogP contribution in [-0.2, 0) is 15.1 Å². The van der Waals surface area contributed by atoms with E-state index in [1.54, 1.807) is 24.3 Å². The molecule has 1 aliphatic rings. The summed E-state index contributed by atoms with van der Waals surface area (Å²) in [6.45, 7) is 0.0642. The molecule has 1 unspecified atom stereocenters. The second kappa shape index (κ2) is 7.57. The number of hydrogen-bond donors (Lipinski definition) is 4. The van der Waals surface area contributed by atoms with Crippen molar-refractivity contribution < 1.29 is 18.8 Å². The van der Waals surface area contributed by atoms with Crippen molar-refractivity contribution in [1.29, 1.82) is 0 Å². The van der Waals surface area contributed by atoms with Crippen LogP contribution in [0.4, 0.5) is 10.1 Å². The first kappa shape index (κ1) is 19.2. The molecule has 5 N–H and O–H groups in total. The zero-order valence-corrected chi connectivity index (χ0v) is 15.0. The molecule has 144 valence electrons. The van der Waals surface area contributed by atoms with Gasteiger partial charge in [0, 0.05) is 18.3 Å². The number of carbonyl (C=O) groups is 3. The van der Waals surface area contributed by atoms with Crippen molar-refractivity contribution in [3.63, 3.8) is 0 Å². The van der Waals surface area contributed by atoms with Crippen LogP contribution < -0.4 is 21.7 Å². The Labute approximate surface area is 160 Å². The fourth-order valence-corrected chi connectivity index (χ4v) is 2.99. The highest BCUT2D eigenvalue weighted by Crippen LogP contribution is 2.28. The molecule has 0 saturated carbocycles. The predicted octanol–water partition coefficient (Wildman–Crippen LogP) is 0.506. The number of amides is 3. The van der Waals surface area contributed by atoms with Crippen LogP contribution in [0, 0.1) is 5.82 Å². The molecule has 0 aromatic heterocycles. The fourth-order valence-electron chi connectivity index (χ4n) is 2.99. The molecular weight excluding hydrogens is 365 g/mol. The van der Waals surface area contributed by atoms with Crippen molar-refractivity contribution in [1.82, 2.24) is 10.6 Å². The molecule has 0 fully saturated rings. The lowest BCUT2D eigenvalue weighted by Gasteiger charge is -2.27. The first-order chi connectivity index (χ1) is 13.4. The Morgan fingerprint density at radius 1 is 1.07 bits per heavy atom. The molecule has 2 aromatic carbocycles. The van der Waals surface area contributed by atoms with E-state index in [0.29, 0.717) is 16.8 Å². The Morgan fingerprint density at radius 2 is 1.71 bits per heavy atom. The number of halogens is 1. The predicted molar refractivity (Wildman–Crippen MR) is 101 cm³/mol. The average Bonchev–Trinajstić information content (AvgIpc) is 3.14. The lowest BCUT2D eigenvalue weighted by Crippen LogP contribution is -2.58. The summed E-state index contributed by atoms with van der Waals surface area (Å²) in [7, 11) is 1.43. The van der Waals surface area contributed by atoms with Crippen molar-refractivity contribution >= 4 is 29.1 Å². The Kier molecular flexibility index (Phi) is 5.18. The molecule has 1 heterocycles. The van der Waals surface area contributed by atoms with Crippen LogP contribution in [0.2, 0.25) is 0 Å². The monoisotopic (exact) mass is 383 g/mol. The second-order valence-electron chi connectivity index (χ2n) is 6.07. The number of nitrogens with zero attached hydrogens (tertiary/aromatic N) is 1. The molecule has 9 heteroatoms. The van der Waals surface area contributed by atoms with Crippen molar-refractivity contribution in [2.24, 2.45) is 10.7 Å². The first-order valence-corrected chi connectivity index (χ1v) is 8.38. The van der Waals surface area contributed by atoms with Crippen LogP contribution in [0.5, 0.6) is 0 Å². The highest BCUT2D eigenvalue weighted by Gasteiger charge is 2.49. The Hall–Kier alpha value is -3.59. The molecule has 28 heavy (non-hydrogen) atoms. The fraction of sp³-hybridized carbons (Fsp3) is 0.158. The highest BCUT2D eigenvalue weighted by atomic mass is 19.1. The zero-order valence-electron chi connectivity index (χ0n) is 15.0. The first-order valence-electron chi connectivity index (χ1n) is 8.38. The van der Waals surface area contributed by atoms with Gasteiger partial charge in [-0.15, -0.1) is 0 Å². The van der Waals surface area contributed by atoms with E-state index in [0.717, 1.165) is 0 Å². The normalized spacial score (nSPS) is 18.3. The van der Waals surface area contributed by atoms with Gasteiger partial charge in [0.2, 0.25) is 5.91 Å². The number of rotatable bonds is 5. The van der Waals surface area contributed by atoms with Gasteiger partial charge in [-0.05, 0) is 42.0 Å². The van der Waals surface area contributed by atoms with Gasteiger partial charge in [-0.3, -0.25) is 24.7 Å². The summed E-state index contributed by atoms with van der Waals surface area (Å²) in [5.74, 6) is -2.13. The molecule has 3 rings (SSSR count). The number of primary amides is 1. The quantitative estimate of drug-likeness (QED) is 0.600. The van der Waals surface area contributed by atoms with E-state index in [9.17, 15) is 18.8 Å². The maximum Gasteiger partial charge on any atom is 0.267 e. The third-order valence-corrected chi connectivity index (χ3v) is 4.43. The van der Waals surface area contributed by atoms with Crippen molar-refractivity contribution in [3.8, 4) is 0 Å². The van der Waals surface area contributed by atoms with Crippen LogP contribution in [0.3, 0.4) is 0 Å². The van der Waals surface area contributed by atoms with Gasteiger partial charge in [0.25, 0.3) is 11.8 Å². The van der Waals surface area contributed by atoms with Gasteiger partial charge in [-0.1, -0.05) is 12.1 Å². The van der Waals surface area contributed by atoms with Crippen molar-refractivity contribution in [3.05, 3.63) is 65.5 Å². The van der Waals surface area contributed by atoms with E-state index < -0.39 is 29.1 Å². The summed E-state index contributed by atoms with van der Waals surface area (Å²) >= 11 is 0.